The minimum atomic E-state index is -0.0197. The van der Waals surface area contributed by atoms with E-state index >= 15 is 0 Å². The molecule has 1 aromatic carbocycles. The first-order valence-electron chi connectivity index (χ1n) is 6.87. The number of carbonyl (C=O) groups is 1. The molecule has 1 aliphatic rings. The summed E-state index contributed by atoms with van der Waals surface area (Å²) in [6.07, 6.45) is 6.10. The normalized spacial score (nSPS) is 18.6. The highest BCUT2D eigenvalue weighted by atomic mass is 16.1. The van der Waals surface area contributed by atoms with Crippen molar-refractivity contribution in [2.24, 2.45) is 5.92 Å². The van der Waals surface area contributed by atoms with Gasteiger partial charge >= 0.3 is 0 Å². The molecule has 0 aliphatic heterocycles. The number of aryl methyl sites for hydroxylation is 1. The lowest BCUT2D eigenvalue weighted by molar-refractivity contribution is 0.0961. The summed E-state index contributed by atoms with van der Waals surface area (Å²) in [4.78, 5) is 12.2. The first-order valence-corrected chi connectivity index (χ1v) is 6.87. The van der Waals surface area contributed by atoms with Gasteiger partial charge in [0.1, 0.15) is 0 Å². The molecule has 0 radical (unpaired) electrons. The van der Waals surface area contributed by atoms with Crippen molar-refractivity contribution in [2.75, 3.05) is 0 Å². The van der Waals surface area contributed by atoms with E-state index < -0.39 is 0 Å². The van der Waals surface area contributed by atoms with Gasteiger partial charge in [-0.15, -0.1) is 0 Å². The molecule has 19 heavy (non-hydrogen) atoms. The van der Waals surface area contributed by atoms with Crippen molar-refractivity contribution in [1.29, 1.82) is 0 Å². The second-order valence-corrected chi connectivity index (χ2v) is 5.24. The molecular formula is C17H21NO. The van der Waals surface area contributed by atoms with Gasteiger partial charge in [-0.05, 0) is 49.5 Å². The Morgan fingerprint density at radius 2 is 1.95 bits per heavy atom. The minimum absolute atomic E-state index is 0.0197. The van der Waals surface area contributed by atoms with Crippen molar-refractivity contribution in [3.8, 4) is 0 Å². The van der Waals surface area contributed by atoms with Crippen LogP contribution in [0.25, 0.3) is 0 Å². The molecule has 0 heterocycles. The summed E-state index contributed by atoms with van der Waals surface area (Å²) >= 11 is 0. The number of allylic oxidation sites excluding steroid dienone is 4. The van der Waals surface area contributed by atoms with Crippen molar-refractivity contribution < 1.29 is 4.79 Å². The maximum Gasteiger partial charge on any atom is 0.255 e. The van der Waals surface area contributed by atoms with Crippen molar-refractivity contribution in [3.63, 3.8) is 0 Å². The number of benzene rings is 1. The molecule has 1 unspecified atom stereocenters. The van der Waals surface area contributed by atoms with Crippen LogP contribution in [0.4, 0.5) is 0 Å². The fourth-order valence-corrected chi connectivity index (χ4v) is 2.32. The highest BCUT2D eigenvalue weighted by molar-refractivity contribution is 5.95. The number of rotatable bonds is 3. The number of nitrogens with one attached hydrogen (secondary N) is 1. The molecule has 1 N–H and O–H groups in total. The Morgan fingerprint density at radius 3 is 2.53 bits per heavy atom. The maximum absolute atomic E-state index is 12.2. The summed E-state index contributed by atoms with van der Waals surface area (Å²) < 4.78 is 0. The standard InChI is InChI=1S/C17H21NO/c1-4-14-6-8-15(9-7-14)17(19)18-16-10-5-12(2)11-13(16)3/h5-10,13H,4,11H2,1-3H3,(H,18,19). The molecule has 2 nitrogen and oxygen atoms in total. The minimum Gasteiger partial charge on any atom is -0.325 e. The van der Waals surface area contributed by atoms with Crippen LogP contribution >= 0.6 is 0 Å². The summed E-state index contributed by atoms with van der Waals surface area (Å²) in [7, 11) is 0. The van der Waals surface area contributed by atoms with E-state index in [-0.39, 0.29) is 5.91 Å². The van der Waals surface area contributed by atoms with Crippen LogP contribution in [-0.2, 0) is 6.42 Å². The molecule has 0 fully saturated rings. The van der Waals surface area contributed by atoms with Crippen molar-refractivity contribution in [3.05, 3.63) is 58.8 Å². The third kappa shape index (κ3) is 3.34. The van der Waals surface area contributed by atoms with E-state index in [1.165, 1.54) is 11.1 Å². The number of amides is 1. The average Bonchev–Trinajstić information content (AvgIpc) is 2.42. The first kappa shape index (κ1) is 13.6. The largest absolute Gasteiger partial charge is 0.325 e. The van der Waals surface area contributed by atoms with Gasteiger partial charge in [-0.3, -0.25) is 4.79 Å². The summed E-state index contributed by atoms with van der Waals surface area (Å²) in [5.74, 6) is 0.359. The van der Waals surface area contributed by atoms with Gasteiger partial charge in [0.05, 0.1) is 0 Å². The molecule has 1 aromatic rings. The van der Waals surface area contributed by atoms with E-state index in [4.69, 9.17) is 0 Å². The van der Waals surface area contributed by atoms with Crippen LogP contribution in [0.5, 0.6) is 0 Å². The van der Waals surface area contributed by atoms with E-state index in [1.54, 1.807) is 0 Å². The Balaban J connectivity index is 2.08. The Hall–Kier alpha value is -1.83. The van der Waals surface area contributed by atoms with E-state index in [9.17, 15) is 4.79 Å². The SMILES string of the molecule is CCc1ccc(C(=O)NC2=CC=C(C)CC2C)cc1. The molecule has 0 aromatic heterocycles. The van der Waals surface area contributed by atoms with Crippen LogP contribution in [-0.4, -0.2) is 5.91 Å². The summed E-state index contributed by atoms with van der Waals surface area (Å²) in [5.41, 5.74) is 4.34. The summed E-state index contributed by atoms with van der Waals surface area (Å²) in [6, 6.07) is 7.81. The third-order valence-electron chi connectivity index (χ3n) is 3.59. The third-order valence-corrected chi connectivity index (χ3v) is 3.59. The molecular weight excluding hydrogens is 234 g/mol. The molecule has 1 amide bonds. The predicted octanol–water partition coefficient (Wildman–Crippen LogP) is 3.85. The molecule has 1 atom stereocenters. The first-order chi connectivity index (χ1) is 9.10. The lowest BCUT2D eigenvalue weighted by Crippen LogP contribution is -2.27. The van der Waals surface area contributed by atoms with Gasteiger partial charge in [0.2, 0.25) is 0 Å². The topological polar surface area (TPSA) is 29.1 Å². The van der Waals surface area contributed by atoms with Gasteiger partial charge in [-0.1, -0.05) is 37.6 Å². The molecule has 1 aliphatic carbocycles. The molecule has 0 spiro atoms. The van der Waals surface area contributed by atoms with Gasteiger partial charge in [0, 0.05) is 11.3 Å². The summed E-state index contributed by atoms with van der Waals surface area (Å²) in [6.45, 7) is 6.37. The van der Waals surface area contributed by atoms with Crippen LogP contribution in [0.3, 0.4) is 0 Å². The Labute approximate surface area is 115 Å². The molecule has 2 rings (SSSR count). The smallest absolute Gasteiger partial charge is 0.255 e. The van der Waals surface area contributed by atoms with Crippen LogP contribution in [0.2, 0.25) is 0 Å². The zero-order valence-corrected chi connectivity index (χ0v) is 11.9. The highest BCUT2D eigenvalue weighted by Gasteiger charge is 2.16. The lowest BCUT2D eigenvalue weighted by Gasteiger charge is -2.20. The van der Waals surface area contributed by atoms with Crippen molar-refractivity contribution in [2.45, 2.75) is 33.6 Å². The quantitative estimate of drug-likeness (QED) is 0.873. The predicted molar refractivity (Wildman–Crippen MR) is 78.9 cm³/mol. The van der Waals surface area contributed by atoms with Crippen molar-refractivity contribution >= 4 is 5.91 Å². The Bertz CT molecular complexity index is 523. The zero-order valence-electron chi connectivity index (χ0n) is 11.9. The van der Waals surface area contributed by atoms with E-state index in [2.05, 4.69) is 32.2 Å². The molecule has 100 valence electrons. The highest BCUT2D eigenvalue weighted by Crippen LogP contribution is 2.22. The fraction of sp³-hybridized carbons (Fsp3) is 0.353. The Kier molecular flexibility index (Phi) is 4.20. The van der Waals surface area contributed by atoms with Crippen LogP contribution in [0.15, 0.2) is 47.7 Å². The lowest BCUT2D eigenvalue weighted by atomic mass is 9.93. The van der Waals surface area contributed by atoms with Crippen LogP contribution < -0.4 is 5.32 Å². The molecule has 0 saturated heterocycles. The number of carbonyl (C=O) groups excluding carboxylic acids is 1. The number of hydrogen-bond acceptors (Lipinski definition) is 1. The van der Waals surface area contributed by atoms with Gasteiger partial charge in [-0.2, -0.15) is 0 Å². The second kappa shape index (κ2) is 5.87. The van der Waals surface area contributed by atoms with Gasteiger partial charge in [0.25, 0.3) is 5.91 Å². The van der Waals surface area contributed by atoms with E-state index in [0.717, 1.165) is 24.1 Å². The van der Waals surface area contributed by atoms with E-state index in [0.29, 0.717) is 5.92 Å². The second-order valence-electron chi connectivity index (χ2n) is 5.24. The van der Waals surface area contributed by atoms with Gasteiger partial charge in [-0.25, -0.2) is 0 Å². The van der Waals surface area contributed by atoms with Gasteiger partial charge in [0.15, 0.2) is 0 Å². The van der Waals surface area contributed by atoms with Crippen LogP contribution in [0.1, 0.15) is 43.1 Å². The zero-order chi connectivity index (χ0) is 13.8. The van der Waals surface area contributed by atoms with Crippen LogP contribution in [0, 0.1) is 5.92 Å². The fourth-order valence-electron chi connectivity index (χ4n) is 2.32. The summed E-state index contributed by atoms with van der Waals surface area (Å²) in [5, 5.41) is 3.02. The molecule has 0 bridgehead atoms. The monoisotopic (exact) mass is 255 g/mol. The van der Waals surface area contributed by atoms with E-state index in [1.807, 2.05) is 30.3 Å². The number of hydrogen-bond donors (Lipinski definition) is 1. The molecule has 2 heteroatoms. The molecule has 0 saturated carbocycles. The van der Waals surface area contributed by atoms with Gasteiger partial charge < -0.3 is 5.32 Å². The van der Waals surface area contributed by atoms with Crippen molar-refractivity contribution in [1.82, 2.24) is 5.32 Å². The average molecular weight is 255 g/mol. The maximum atomic E-state index is 12.2. The Morgan fingerprint density at radius 1 is 1.26 bits per heavy atom.